The maximum absolute atomic E-state index is 12.4. The molecule has 1 saturated heterocycles. The van der Waals surface area contributed by atoms with Crippen molar-refractivity contribution >= 4 is 23.9 Å². The number of cyclic esters (lactones) is 1. The van der Waals surface area contributed by atoms with Gasteiger partial charge in [-0.25, -0.2) is 14.4 Å². The zero-order valence-corrected chi connectivity index (χ0v) is 17.6. The Morgan fingerprint density at radius 2 is 1.77 bits per heavy atom. The van der Waals surface area contributed by atoms with Crippen LogP contribution in [0, 0.1) is 5.92 Å². The lowest BCUT2D eigenvalue weighted by molar-refractivity contribution is -0.214. The van der Waals surface area contributed by atoms with Crippen molar-refractivity contribution in [3.8, 4) is 0 Å². The van der Waals surface area contributed by atoms with Crippen molar-refractivity contribution in [2.24, 2.45) is 5.92 Å². The topological polar surface area (TPSA) is 125 Å². The van der Waals surface area contributed by atoms with Gasteiger partial charge in [0.15, 0.2) is 12.2 Å². The van der Waals surface area contributed by atoms with Gasteiger partial charge in [0, 0.05) is 23.6 Å². The first-order valence-corrected chi connectivity index (χ1v) is 9.32. The maximum atomic E-state index is 12.4. The number of hydrogen-bond donors (Lipinski definition) is 1. The summed E-state index contributed by atoms with van der Waals surface area (Å²) in [5.41, 5.74) is -1.90. The molecule has 1 fully saturated rings. The molecule has 164 valence electrons. The minimum Gasteiger partial charge on any atom is -0.456 e. The van der Waals surface area contributed by atoms with Crippen molar-refractivity contribution < 1.29 is 43.2 Å². The Morgan fingerprint density at radius 1 is 1.17 bits per heavy atom. The SMILES string of the molecule is C=C(C)C(=O)O[C@H]1[C@H]2C(=C)C(=O)O[C@@H]2/C=C(/C)C(=O)O[C@H](C)[C@@](C)(O)[C@H]1OC(C)=O. The van der Waals surface area contributed by atoms with E-state index in [1.165, 1.54) is 33.8 Å². The van der Waals surface area contributed by atoms with E-state index in [1.807, 2.05) is 0 Å². The Labute approximate surface area is 174 Å². The van der Waals surface area contributed by atoms with Gasteiger partial charge in [0.05, 0.1) is 5.92 Å². The van der Waals surface area contributed by atoms with E-state index in [-0.39, 0.29) is 16.7 Å². The van der Waals surface area contributed by atoms with Gasteiger partial charge in [-0.2, -0.15) is 0 Å². The molecule has 0 aromatic heterocycles. The third kappa shape index (κ3) is 4.46. The molecule has 0 saturated carbocycles. The van der Waals surface area contributed by atoms with Gasteiger partial charge in [0.1, 0.15) is 17.8 Å². The van der Waals surface area contributed by atoms with E-state index >= 15 is 0 Å². The average molecular weight is 422 g/mol. The van der Waals surface area contributed by atoms with E-state index in [4.69, 9.17) is 18.9 Å². The van der Waals surface area contributed by atoms with Gasteiger partial charge >= 0.3 is 23.9 Å². The van der Waals surface area contributed by atoms with Crippen LogP contribution in [-0.2, 0) is 38.1 Å². The molecule has 9 nitrogen and oxygen atoms in total. The van der Waals surface area contributed by atoms with E-state index in [2.05, 4.69) is 13.2 Å². The van der Waals surface area contributed by atoms with Crippen molar-refractivity contribution in [2.75, 3.05) is 0 Å². The molecule has 30 heavy (non-hydrogen) atoms. The molecule has 0 amide bonds. The standard InChI is InChI=1S/C21H26O9/c1-9(2)18(23)30-16-15-11(4)20(25)29-14(15)8-10(3)19(24)27-12(5)21(7,26)17(16)28-13(6)22/h8,12,14-17,26H,1,4H2,2-3,5-7H3/b10-8-/t12-,14-,15+,16+,17+,21-/m1/s1. The van der Waals surface area contributed by atoms with Gasteiger partial charge in [-0.1, -0.05) is 13.2 Å². The summed E-state index contributed by atoms with van der Waals surface area (Å²) in [6, 6.07) is 0. The second-order valence-electron chi connectivity index (χ2n) is 7.72. The van der Waals surface area contributed by atoms with Crippen molar-refractivity contribution in [1.29, 1.82) is 0 Å². The predicted molar refractivity (Wildman–Crippen MR) is 103 cm³/mol. The summed E-state index contributed by atoms with van der Waals surface area (Å²) in [5.74, 6) is -4.18. The van der Waals surface area contributed by atoms with Crippen molar-refractivity contribution in [3.05, 3.63) is 36.0 Å². The number of fused-ring (bicyclic) bond motifs is 1. The number of carbonyl (C=O) groups is 4. The highest BCUT2D eigenvalue weighted by molar-refractivity contribution is 5.93. The van der Waals surface area contributed by atoms with E-state index in [1.54, 1.807) is 0 Å². The zero-order valence-electron chi connectivity index (χ0n) is 17.6. The fourth-order valence-electron chi connectivity index (χ4n) is 3.29. The molecule has 0 bridgehead atoms. The summed E-state index contributed by atoms with van der Waals surface area (Å²) in [6.45, 7) is 13.9. The predicted octanol–water partition coefficient (Wildman–Crippen LogP) is 1.15. The molecule has 2 aliphatic heterocycles. The molecule has 2 rings (SSSR count). The molecule has 9 heteroatoms. The lowest BCUT2D eigenvalue weighted by Gasteiger charge is -2.42. The van der Waals surface area contributed by atoms with Gasteiger partial charge in [-0.3, -0.25) is 4.79 Å². The molecule has 1 N–H and O–H groups in total. The third-order valence-corrected chi connectivity index (χ3v) is 5.22. The molecular formula is C21H26O9. The lowest BCUT2D eigenvalue weighted by Crippen LogP contribution is -2.60. The monoisotopic (exact) mass is 422 g/mol. The Morgan fingerprint density at radius 3 is 2.30 bits per heavy atom. The fraction of sp³-hybridized carbons (Fsp3) is 0.524. The Hall–Kier alpha value is -2.94. The molecule has 0 unspecified atom stereocenters. The highest BCUT2D eigenvalue weighted by Crippen LogP contribution is 2.39. The molecule has 6 atom stereocenters. The first-order chi connectivity index (χ1) is 13.8. The first-order valence-electron chi connectivity index (χ1n) is 9.32. The van der Waals surface area contributed by atoms with Crippen LogP contribution >= 0.6 is 0 Å². The van der Waals surface area contributed by atoms with Crippen LogP contribution < -0.4 is 0 Å². The molecule has 2 heterocycles. The number of hydrogen-bond acceptors (Lipinski definition) is 9. The van der Waals surface area contributed by atoms with E-state index in [0.717, 1.165) is 6.92 Å². The largest absolute Gasteiger partial charge is 0.456 e. The Balaban J connectivity index is 2.73. The van der Waals surface area contributed by atoms with Crippen LogP contribution in [0.5, 0.6) is 0 Å². The fourth-order valence-corrected chi connectivity index (χ4v) is 3.29. The summed E-state index contributed by atoms with van der Waals surface area (Å²) in [5, 5.41) is 11.2. The quantitative estimate of drug-likeness (QED) is 0.405. The minimum atomic E-state index is -2.00. The van der Waals surface area contributed by atoms with Gasteiger partial charge < -0.3 is 24.1 Å². The molecule has 0 aromatic rings. The highest BCUT2D eigenvalue weighted by Gasteiger charge is 2.56. The first kappa shape index (κ1) is 23.3. The van der Waals surface area contributed by atoms with Crippen molar-refractivity contribution in [3.63, 3.8) is 0 Å². The summed E-state index contributed by atoms with van der Waals surface area (Å²) < 4.78 is 21.5. The van der Waals surface area contributed by atoms with Crippen molar-refractivity contribution in [1.82, 2.24) is 0 Å². The van der Waals surface area contributed by atoms with Crippen LogP contribution in [0.3, 0.4) is 0 Å². The van der Waals surface area contributed by atoms with E-state index in [0.29, 0.717) is 0 Å². The van der Waals surface area contributed by atoms with Crippen molar-refractivity contribution in [2.45, 2.75) is 64.6 Å². The summed E-state index contributed by atoms with van der Waals surface area (Å²) in [4.78, 5) is 48.9. The molecule has 0 aromatic carbocycles. The van der Waals surface area contributed by atoms with Crippen LogP contribution in [0.4, 0.5) is 0 Å². The van der Waals surface area contributed by atoms with E-state index in [9.17, 15) is 24.3 Å². The van der Waals surface area contributed by atoms with Gasteiger partial charge in [0.25, 0.3) is 0 Å². The van der Waals surface area contributed by atoms with Crippen LogP contribution in [0.25, 0.3) is 0 Å². The van der Waals surface area contributed by atoms with Crippen LogP contribution in [0.1, 0.15) is 34.6 Å². The second kappa shape index (κ2) is 8.43. The average Bonchev–Trinajstić information content (AvgIpc) is 2.90. The summed E-state index contributed by atoms with van der Waals surface area (Å²) in [6.07, 6.45) is -3.80. The molecule has 2 aliphatic rings. The van der Waals surface area contributed by atoms with E-state index < -0.39 is 59.8 Å². The van der Waals surface area contributed by atoms with Gasteiger partial charge in [0.2, 0.25) is 0 Å². The van der Waals surface area contributed by atoms with Crippen LogP contribution in [-0.4, -0.2) is 59.0 Å². The number of ether oxygens (including phenoxy) is 4. The lowest BCUT2D eigenvalue weighted by atomic mass is 9.79. The third-order valence-electron chi connectivity index (χ3n) is 5.22. The molecular weight excluding hydrogens is 396 g/mol. The zero-order chi connectivity index (χ0) is 23.0. The second-order valence-corrected chi connectivity index (χ2v) is 7.72. The maximum Gasteiger partial charge on any atom is 0.334 e. The Bertz CT molecular complexity index is 835. The van der Waals surface area contributed by atoms with Crippen LogP contribution in [0.2, 0.25) is 0 Å². The smallest absolute Gasteiger partial charge is 0.334 e. The normalized spacial score (nSPS) is 35.9. The van der Waals surface area contributed by atoms with Crippen LogP contribution in [0.15, 0.2) is 36.0 Å². The molecule has 0 radical (unpaired) electrons. The molecule has 0 aliphatic carbocycles. The number of esters is 4. The van der Waals surface area contributed by atoms with Gasteiger partial charge in [-0.15, -0.1) is 0 Å². The highest BCUT2D eigenvalue weighted by atomic mass is 16.6. The Kier molecular flexibility index (Phi) is 6.56. The summed E-state index contributed by atoms with van der Waals surface area (Å²) in [7, 11) is 0. The molecule has 0 spiro atoms. The number of carbonyl (C=O) groups excluding carboxylic acids is 4. The van der Waals surface area contributed by atoms with Gasteiger partial charge in [-0.05, 0) is 33.8 Å². The minimum absolute atomic E-state index is 0.0481. The number of rotatable bonds is 3. The number of aliphatic hydroxyl groups is 1. The summed E-state index contributed by atoms with van der Waals surface area (Å²) >= 11 is 0.